The third-order valence-electron chi connectivity index (χ3n) is 2.73. The summed E-state index contributed by atoms with van der Waals surface area (Å²) < 4.78 is 0. The summed E-state index contributed by atoms with van der Waals surface area (Å²) in [6, 6.07) is 7.21. The van der Waals surface area contributed by atoms with Crippen molar-refractivity contribution in [3.8, 4) is 6.07 Å². The van der Waals surface area contributed by atoms with E-state index in [4.69, 9.17) is 16.9 Å². The second-order valence-electron chi connectivity index (χ2n) is 4.17. The van der Waals surface area contributed by atoms with Gasteiger partial charge >= 0.3 is 0 Å². The van der Waals surface area contributed by atoms with E-state index in [-0.39, 0.29) is 11.8 Å². The highest BCUT2D eigenvalue weighted by Crippen LogP contribution is 2.24. The lowest BCUT2D eigenvalue weighted by molar-refractivity contribution is -0.123. The van der Waals surface area contributed by atoms with E-state index in [1.54, 1.807) is 25.2 Å². The molecule has 0 radical (unpaired) electrons. The van der Waals surface area contributed by atoms with Crippen molar-refractivity contribution in [1.82, 2.24) is 5.32 Å². The van der Waals surface area contributed by atoms with Gasteiger partial charge in [0.2, 0.25) is 5.91 Å². The first kappa shape index (κ1) is 14.3. The van der Waals surface area contributed by atoms with Crippen LogP contribution in [0.15, 0.2) is 18.2 Å². The van der Waals surface area contributed by atoms with Gasteiger partial charge in [-0.1, -0.05) is 18.5 Å². The van der Waals surface area contributed by atoms with Crippen LogP contribution < -0.4 is 10.2 Å². The maximum Gasteiger partial charge on any atom is 0.224 e. The molecule has 96 valence electrons. The molecule has 4 nitrogen and oxygen atoms in total. The van der Waals surface area contributed by atoms with Crippen molar-refractivity contribution in [2.75, 3.05) is 25.5 Å². The van der Waals surface area contributed by atoms with Gasteiger partial charge in [0.25, 0.3) is 0 Å². The van der Waals surface area contributed by atoms with Crippen LogP contribution >= 0.6 is 11.6 Å². The summed E-state index contributed by atoms with van der Waals surface area (Å²) in [4.78, 5) is 13.3. The van der Waals surface area contributed by atoms with Crippen molar-refractivity contribution < 1.29 is 4.79 Å². The molecule has 1 aromatic carbocycles. The molecule has 1 aromatic rings. The maximum atomic E-state index is 11.5. The number of carbonyl (C=O) groups is 1. The topological polar surface area (TPSA) is 56.1 Å². The summed E-state index contributed by atoms with van der Waals surface area (Å²) >= 11 is 5.93. The van der Waals surface area contributed by atoms with Crippen LogP contribution in [0.2, 0.25) is 5.02 Å². The fourth-order valence-electron chi connectivity index (χ4n) is 1.75. The molecule has 1 atom stereocenters. The zero-order chi connectivity index (χ0) is 13.7. The van der Waals surface area contributed by atoms with Gasteiger partial charge in [-0.05, 0) is 18.2 Å². The number of carbonyl (C=O) groups excluding carboxylic acids is 1. The number of halogens is 1. The highest BCUT2D eigenvalue weighted by Gasteiger charge is 2.16. The second kappa shape index (κ2) is 6.27. The van der Waals surface area contributed by atoms with E-state index in [1.807, 2.05) is 18.9 Å². The van der Waals surface area contributed by atoms with Crippen molar-refractivity contribution in [2.45, 2.75) is 6.92 Å². The van der Waals surface area contributed by atoms with Crippen LogP contribution in [0.3, 0.4) is 0 Å². The van der Waals surface area contributed by atoms with E-state index in [0.29, 0.717) is 17.1 Å². The average molecular weight is 266 g/mol. The van der Waals surface area contributed by atoms with Crippen molar-refractivity contribution >= 4 is 23.2 Å². The Balaban J connectivity index is 2.90. The SMILES string of the molecule is CNC(=O)C(C)CN(C)c1cc(Cl)ccc1C#N. The molecule has 0 aliphatic carbocycles. The molecular weight excluding hydrogens is 250 g/mol. The van der Waals surface area contributed by atoms with Gasteiger partial charge in [0.05, 0.1) is 17.2 Å². The highest BCUT2D eigenvalue weighted by atomic mass is 35.5. The minimum absolute atomic E-state index is 0.0256. The first-order valence-electron chi connectivity index (χ1n) is 5.62. The average Bonchev–Trinajstić information content (AvgIpc) is 2.37. The van der Waals surface area contributed by atoms with Crippen molar-refractivity contribution in [2.24, 2.45) is 5.92 Å². The molecule has 0 heterocycles. The summed E-state index contributed by atoms with van der Waals surface area (Å²) in [5.41, 5.74) is 1.28. The van der Waals surface area contributed by atoms with Crippen molar-refractivity contribution in [1.29, 1.82) is 5.26 Å². The van der Waals surface area contributed by atoms with Crippen LogP contribution in [0, 0.1) is 17.2 Å². The predicted molar refractivity (Wildman–Crippen MR) is 72.7 cm³/mol. The zero-order valence-electron chi connectivity index (χ0n) is 10.7. The van der Waals surface area contributed by atoms with Crippen LogP contribution in [0.1, 0.15) is 12.5 Å². The molecule has 0 saturated carbocycles. The van der Waals surface area contributed by atoms with E-state index in [9.17, 15) is 4.79 Å². The second-order valence-corrected chi connectivity index (χ2v) is 4.61. The third kappa shape index (κ3) is 3.38. The summed E-state index contributed by atoms with van der Waals surface area (Å²) in [6.07, 6.45) is 0. The number of anilines is 1. The smallest absolute Gasteiger partial charge is 0.224 e. The number of nitrogens with one attached hydrogen (secondary N) is 1. The molecule has 0 aromatic heterocycles. The number of benzene rings is 1. The minimum atomic E-state index is -0.162. The molecule has 1 unspecified atom stereocenters. The Morgan fingerprint density at radius 1 is 1.61 bits per heavy atom. The van der Waals surface area contributed by atoms with Crippen LogP contribution in [0.4, 0.5) is 5.69 Å². The summed E-state index contributed by atoms with van der Waals surface area (Å²) in [6.45, 7) is 2.36. The van der Waals surface area contributed by atoms with E-state index in [1.165, 1.54) is 0 Å². The fraction of sp³-hybridized carbons (Fsp3) is 0.385. The van der Waals surface area contributed by atoms with Gasteiger partial charge in [-0.2, -0.15) is 5.26 Å². The predicted octanol–water partition coefficient (Wildman–Crippen LogP) is 2.03. The Morgan fingerprint density at radius 3 is 2.83 bits per heavy atom. The Kier molecular flexibility index (Phi) is 4.99. The van der Waals surface area contributed by atoms with Gasteiger partial charge < -0.3 is 10.2 Å². The number of nitrogens with zero attached hydrogens (tertiary/aromatic N) is 2. The highest BCUT2D eigenvalue weighted by molar-refractivity contribution is 6.30. The molecule has 1 amide bonds. The lowest BCUT2D eigenvalue weighted by atomic mass is 10.1. The first-order chi connectivity index (χ1) is 8.49. The Labute approximate surface area is 112 Å². The molecule has 0 fully saturated rings. The van der Waals surface area contributed by atoms with Crippen LogP contribution in [0.5, 0.6) is 0 Å². The first-order valence-corrected chi connectivity index (χ1v) is 5.99. The van der Waals surface area contributed by atoms with Gasteiger partial charge in [-0.15, -0.1) is 0 Å². The molecule has 0 spiro atoms. The van der Waals surface area contributed by atoms with Crippen LogP contribution in [-0.4, -0.2) is 26.5 Å². The van der Waals surface area contributed by atoms with Gasteiger partial charge in [0, 0.05) is 25.7 Å². The van der Waals surface area contributed by atoms with Gasteiger partial charge in [-0.3, -0.25) is 4.79 Å². The van der Waals surface area contributed by atoms with Crippen LogP contribution in [-0.2, 0) is 4.79 Å². The fourth-order valence-corrected chi connectivity index (χ4v) is 1.92. The van der Waals surface area contributed by atoms with Crippen LogP contribution in [0.25, 0.3) is 0 Å². The van der Waals surface area contributed by atoms with E-state index >= 15 is 0 Å². The molecule has 18 heavy (non-hydrogen) atoms. The van der Waals surface area contributed by atoms with E-state index < -0.39 is 0 Å². The summed E-state index contributed by atoms with van der Waals surface area (Å²) in [5, 5.41) is 12.2. The molecule has 0 saturated heterocycles. The summed E-state index contributed by atoms with van der Waals surface area (Å²) in [7, 11) is 3.45. The molecule has 0 aliphatic rings. The molecule has 1 rings (SSSR count). The number of nitriles is 1. The third-order valence-corrected chi connectivity index (χ3v) is 2.97. The molecule has 0 aliphatic heterocycles. The lowest BCUT2D eigenvalue weighted by Gasteiger charge is -2.23. The quantitative estimate of drug-likeness (QED) is 0.906. The Bertz CT molecular complexity index is 482. The molecule has 5 heteroatoms. The number of hydrogen-bond donors (Lipinski definition) is 1. The monoisotopic (exact) mass is 265 g/mol. The number of rotatable bonds is 4. The minimum Gasteiger partial charge on any atom is -0.373 e. The van der Waals surface area contributed by atoms with Crippen molar-refractivity contribution in [3.05, 3.63) is 28.8 Å². The van der Waals surface area contributed by atoms with Gasteiger partial charge in [0.1, 0.15) is 6.07 Å². The molecule has 0 bridgehead atoms. The zero-order valence-corrected chi connectivity index (χ0v) is 11.5. The Morgan fingerprint density at radius 2 is 2.28 bits per heavy atom. The molecule has 1 N–H and O–H groups in total. The largest absolute Gasteiger partial charge is 0.373 e. The normalized spacial score (nSPS) is 11.5. The maximum absolute atomic E-state index is 11.5. The van der Waals surface area contributed by atoms with E-state index in [2.05, 4.69) is 11.4 Å². The number of amides is 1. The standard InChI is InChI=1S/C13H16ClN3O/c1-9(13(18)16-2)8-17(3)12-6-11(14)5-4-10(12)7-15/h4-6,9H,8H2,1-3H3,(H,16,18). The van der Waals surface area contributed by atoms with Gasteiger partial charge in [0.15, 0.2) is 0 Å². The summed E-state index contributed by atoms with van der Waals surface area (Å²) in [5.74, 6) is -0.187. The Hall–Kier alpha value is -1.73. The van der Waals surface area contributed by atoms with Gasteiger partial charge in [-0.25, -0.2) is 0 Å². The lowest BCUT2D eigenvalue weighted by Crippen LogP contribution is -2.34. The van der Waals surface area contributed by atoms with E-state index in [0.717, 1.165) is 5.69 Å². The van der Waals surface area contributed by atoms with Crippen molar-refractivity contribution in [3.63, 3.8) is 0 Å². The number of hydrogen-bond acceptors (Lipinski definition) is 3. The molecular formula is C13H16ClN3O.